The number of carbonyl (C=O) groups is 1. The minimum absolute atomic E-state index is 0.187. The Bertz CT molecular complexity index is 358. The molecule has 0 aliphatic carbocycles. The monoisotopic (exact) mass is 257 g/mol. The van der Waals surface area contributed by atoms with Gasteiger partial charge in [0.2, 0.25) is 0 Å². The van der Waals surface area contributed by atoms with Crippen molar-refractivity contribution in [1.82, 2.24) is 5.32 Å². The molecule has 4 heteroatoms. The standard InChI is InChI=1S/C12H16ClNOS/c13-10-6-8-16-12(10)11(15)5-4-9-3-1-2-7-14-9/h6,8-9,14H,1-5,7H2. The summed E-state index contributed by atoms with van der Waals surface area (Å²) < 4.78 is 0. The van der Waals surface area contributed by atoms with E-state index in [-0.39, 0.29) is 5.78 Å². The summed E-state index contributed by atoms with van der Waals surface area (Å²) in [5.74, 6) is 0.187. The molecule has 1 aromatic rings. The Morgan fingerprint density at radius 2 is 2.44 bits per heavy atom. The summed E-state index contributed by atoms with van der Waals surface area (Å²) in [5.41, 5.74) is 0. The van der Waals surface area contributed by atoms with Crippen molar-refractivity contribution in [2.75, 3.05) is 6.54 Å². The SMILES string of the molecule is O=C(CCC1CCCCN1)c1sccc1Cl. The summed E-state index contributed by atoms with van der Waals surface area (Å²) in [6, 6.07) is 2.31. The number of carbonyl (C=O) groups excluding carboxylic acids is 1. The topological polar surface area (TPSA) is 29.1 Å². The molecular weight excluding hydrogens is 242 g/mol. The number of hydrogen-bond donors (Lipinski definition) is 1. The van der Waals surface area contributed by atoms with Gasteiger partial charge in [-0.15, -0.1) is 11.3 Å². The molecule has 2 nitrogen and oxygen atoms in total. The van der Waals surface area contributed by atoms with Gasteiger partial charge in [0.25, 0.3) is 0 Å². The maximum absolute atomic E-state index is 11.9. The molecule has 1 aliphatic heterocycles. The van der Waals surface area contributed by atoms with E-state index >= 15 is 0 Å². The van der Waals surface area contributed by atoms with Gasteiger partial charge in [-0.05, 0) is 37.3 Å². The third kappa shape index (κ3) is 3.06. The van der Waals surface area contributed by atoms with Crippen LogP contribution in [0.3, 0.4) is 0 Å². The molecule has 0 radical (unpaired) electrons. The van der Waals surface area contributed by atoms with Gasteiger partial charge in [-0.25, -0.2) is 0 Å². The summed E-state index contributed by atoms with van der Waals surface area (Å²) in [4.78, 5) is 12.6. The molecule has 0 spiro atoms. The molecule has 0 bridgehead atoms. The highest BCUT2D eigenvalue weighted by atomic mass is 35.5. The second-order valence-electron chi connectivity index (χ2n) is 4.21. The lowest BCUT2D eigenvalue weighted by molar-refractivity contribution is 0.0978. The number of hydrogen-bond acceptors (Lipinski definition) is 3. The van der Waals surface area contributed by atoms with Crippen LogP contribution in [-0.2, 0) is 0 Å². The van der Waals surface area contributed by atoms with E-state index in [4.69, 9.17) is 11.6 Å². The van der Waals surface area contributed by atoms with Crippen LogP contribution >= 0.6 is 22.9 Å². The number of piperidine rings is 1. The Labute approximate surface area is 105 Å². The van der Waals surface area contributed by atoms with Gasteiger partial charge in [0.15, 0.2) is 5.78 Å². The van der Waals surface area contributed by atoms with Crippen molar-refractivity contribution in [3.8, 4) is 0 Å². The van der Waals surface area contributed by atoms with Crippen LogP contribution in [0.4, 0.5) is 0 Å². The number of thiophene rings is 1. The molecule has 1 aliphatic rings. The first-order valence-corrected chi connectivity index (χ1v) is 7.02. The first kappa shape index (κ1) is 12.1. The number of ketones is 1. The second kappa shape index (κ2) is 5.80. The Kier molecular flexibility index (Phi) is 4.38. The van der Waals surface area contributed by atoms with E-state index < -0.39 is 0 Å². The largest absolute Gasteiger partial charge is 0.314 e. The first-order valence-electron chi connectivity index (χ1n) is 5.77. The molecule has 88 valence electrons. The Balaban J connectivity index is 1.81. The van der Waals surface area contributed by atoms with Gasteiger partial charge in [0.1, 0.15) is 0 Å². The summed E-state index contributed by atoms with van der Waals surface area (Å²) >= 11 is 7.37. The molecule has 1 aromatic heterocycles. The van der Waals surface area contributed by atoms with Crippen LogP contribution in [-0.4, -0.2) is 18.4 Å². The van der Waals surface area contributed by atoms with Gasteiger partial charge in [0, 0.05) is 12.5 Å². The van der Waals surface area contributed by atoms with Gasteiger partial charge in [0.05, 0.1) is 9.90 Å². The van der Waals surface area contributed by atoms with E-state index in [2.05, 4.69) is 5.32 Å². The lowest BCUT2D eigenvalue weighted by atomic mass is 9.99. The van der Waals surface area contributed by atoms with E-state index in [1.54, 1.807) is 6.07 Å². The molecule has 1 fully saturated rings. The third-order valence-corrected chi connectivity index (χ3v) is 4.39. The lowest BCUT2D eigenvalue weighted by Crippen LogP contribution is -2.34. The fourth-order valence-corrected chi connectivity index (χ4v) is 3.21. The molecule has 1 atom stereocenters. The van der Waals surface area contributed by atoms with Crippen LogP contribution in [0.2, 0.25) is 5.02 Å². The van der Waals surface area contributed by atoms with Crippen molar-refractivity contribution in [2.45, 2.75) is 38.1 Å². The fraction of sp³-hybridized carbons (Fsp3) is 0.583. The zero-order valence-electron chi connectivity index (χ0n) is 9.17. The highest BCUT2D eigenvalue weighted by Crippen LogP contribution is 2.24. The molecule has 16 heavy (non-hydrogen) atoms. The molecule has 1 saturated heterocycles. The number of halogens is 1. The van der Waals surface area contributed by atoms with Gasteiger partial charge in [-0.3, -0.25) is 4.79 Å². The van der Waals surface area contributed by atoms with Crippen molar-refractivity contribution in [1.29, 1.82) is 0 Å². The molecule has 0 aromatic carbocycles. The summed E-state index contributed by atoms with van der Waals surface area (Å²) in [6.45, 7) is 1.10. The summed E-state index contributed by atoms with van der Waals surface area (Å²) in [5, 5.41) is 5.93. The van der Waals surface area contributed by atoms with Crippen molar-refractivity contribution in [3.63, 3.8) is 0 Å². The minimum Gasteiger partial charge on any atom is -0.314 e. The predicted molar refractivity (Wildman–Crippen MR) is 68.5 cm³/mol. The smallest absolute Gasteiger partial charge is 0.174 e. The minimum atomic E-state index is 0.187. The Hall–Kier alpha value is -0.380. The van der Waals surface area contributed by atoms with Crippen molar-refractivity contribution >= 4 is 28.7 Å². The van der Waals surface area contributed by atoms with E-state index in [0.29, 0.717) is 17.5 Å². The molecule has 2 rings (SSSR count). The van der Waals surface area contributed by atoms with Gasteiger partial charge >= 0.3 is 0 Å². The van der Waals surface area contributed by atoms with Crippen LogP contribution in [0, 0.1) is 0 Å². The number of Topliss-reactive ketones (excluding diaryl/α,β-unsaturated/α-hetero) is 1. The van der Waals surface area contributed by atoms with Gasteiger partial charge in [-0.1, -0.05) is 18.0 Å². The van der Waals surface area contributed by atoms with E-state index in [1.165, 1.54) is 30.6 Å². The zero-order chi connectivity index (χ0) is 11.4. The fourth-order valence-electron chi connectivity index (χ4n) is 2.08. The maximum atomic E-state index is 11.9. The van der Waals surface area contributed by atoms with Crippen LogP contribution in [0.15, 0.2) is 11.4 Å². The highest BCUT2D eigenvalue weighted by molar-refractivity contribution is 7.12. The van der Waals surface area contributed by atoms with Crippen LogP contribution in [0.25, 0.3) is 0 Å². The maximum Gasteiger partial charge on any atom is 0.174 e. The molecule has 0 amide bonds. The average Bonchev–Trinajstić information content (AvgIpc) is 2.74. The second-order valence-corrected chi connectivity index (χ2v) is 5.53. The quantitative estimate of drug-likeness (QED) is 0.837. The van der Waals surface area contributed by atoms with Gasteiger partial charge in [-0.2, -0.15) is 0 Å². The molecule has 0 saturated carbocycles. The van der Waals surface area contributed by atoms with Crippen molar-refractivity contribution in [2.24, 2.45) is 0 Å². The normalized spacial score (nSPS) is 20.9. The van der Waals surface area contributed by atoms with Crippen LogP contribution < -0.4 is 5.32 Å². The number of rotatable bonds is 4. The van der Waals surface area contributed by atoms with Crippen molar-refractivity contribution < 1.29 is 4.79 Å². The number of nitrogens with one attached hydrogen (secondary N) is 1. The lowest BCUT2D eigenvalue weighted by Gasteiger charge is -2.22. The molecule has 1 N–H and O–H groups in total. The van der Waals surface area contributed by atoms with Crippen LogP contribution in [0.5, 0.6) is 0 Å². The van der Waals surface area contributed by atoms with Crippen molar-refractivity contribution in [3.05, 3.63) is 21.3 Å². The van der Waals surface area contributed by atoms with Gasteiger partial charge < -0.3 is 5.32 Å². The molecule has 2 heterocycles. The van der Waals surface area contributed by atoms with E-state index in [0.717, 1.165) is 17.8 Å². The van der Waals surface area contributed by atoms with E-state index in [1.807, 2.05) is 5.38 Å². The van der Waals surface area contributed by atoms with E-state index in [9.17, 15) is 4.79 Å². The predicted octanol–water partition coefficient (Wildman–Crippen LogP) is 3.51. The molecule has 1 unspecified atom stereocenters. The first-order chi connectivity index (χ1) is 7.77. The third-order valence-electron chi connectivity index (χ3n) is 3.00. The Morgan fingerprint density at radius 3 is 3.06 bits per heavy atom. The summed E-state index contributed by atoms with van der Waals surface area (Å²) in [6.07, 6.45) is 5.29. The molecular formula is C12H16ClNOS. The summed E-state index contributed by atoms with van der Waals surface area (Å²) in [7, 11) is 0. The Morgan fingerprint density at radius 1 is 1.56 bits per heavy atom. The zero-order valence-corrected chi connectivity index (χ0v) is 10.7. The average molecular weight is 258 g/mol. The van der Waals surface area contributed by atoms with Crippen LogP contribution in [0.1, 0.15) is 41.8 Å². The highest BCUT2D eigenvalue weighted by Gasteiger charge is 2.16.